The molecule has 0 aliphatic carbocycles. The van der Waals surface area contributed by atoms with Crippen molar-refractivity contribution >= 4 is 17.0 Å². The fourth-order valence-electron chi connectivity index (χ4n) is 4.53. The highest BCUT2D eigenvalue weighted by atomic mass is 19.4. The van der Waals surface area contributed by atoms with E-state index < -0.39 is 11.7 Å². The minimum absolute atomic E-state index is 0.00301. The van der Waals surface area contributed by atoms with Crippen LogP contribution in [0.5, 0.6) is 11.8 Å². The average molecular weight is 544 g/mol. The van der Waals surface area contributed by atoms with Crippen molar-refractivity contribution in [3.63, 3.8) is 0 Å². The smallest absolute Gasteiger partial charge is 0.416 e. The van der Waals surface area contributed by atoms with Crippen molar-refractivity contribution in [2.45, 2.75) is 46.0 Å². The number of hydrogen-bond donors (Lipinski definition) is 2. The van der Waals surface area contributed by atoms with Crippen molar-refractivity contribution in [1.82, 2.24) is 19.5 Å². The van der Waals surface area contributed by atoms with Gasteiger partial charge in [0.2, 0.25) is 0 Å². The van der Waals surface area contributed by atoms with Crippen LogP contribution in [-0.4, -0.2) is 43.9 Å². The number of aliphatic hydroxyl groups excluding tert-OH is 1. The number of aromatic nitrogens is 4. The normalized spacial score (nSPS) is 15.2. The lowest BCUT2D eigenvalue weighted by Crippen LogP contribution is -2.35. The highest BCUT2D eigenvalue weighted by Gasteiger charge is 2.31. The molecule has 0 amide bonds. The second-order valence-electron chi connectivity index (χ2n) is 9.60. The van der Waals surface area contributed by atoms with E-state index in [1.54, 1.807) is 30.6 Å². The van der Waals surface area contributed by atoms with E-state index in [1.165, 1.54) is 12.1 Å². The van der Waals surface area contributed by atoms with Crippen molar-refractivity contribution in [3.05, 3.63) is 60.4 Å². The second-order valence-corrected chi connectivity index (χ2v) is 9.60. The van der Waals surface area contributed by atoms with Crippen molar-refractivity contribution in [2.24, 2.45) is 11.8 Å². The molecule has 3 unspecified atom stereocenters. The summed E-state index contributed by atoms with van der Waals surface area (Å²) in [5, 5.41) is 9.68. The first-order valence-corrected chi connectivity index (χ1v) is 12.7. The monoisotopic (exact) mass is 543 g/mol. The van der Waals surface area contributed by atoms with Gasteiger partial charge in [0.05, 0.1) is 24.0 Å². The first-order chi connectivity index (χ1) is 18.5. The van der Waals surface area contributed by atoms with Crippen LogP contribution < -0.4 is 10.5 Å². The third kappa shape index (κ3) is 6.15. The summed E-state index contributed by atoms with van der Waals surface area (Å²) in [6.07, 6.45) is -2.99. The number of nitrogens with zero attached hydrogens (tertiary/aromatic N) is 4. The first kappa shape index (κ1) is 28.3. The summed E-state index contributed by atoms with van der Waals surface area (Å²) in [4.78, 5) is 13.2. The SMILES string of the molecule is CCO[C@H](C(C)C(C)CO)C(C)n1cnc2c(N)nc(Oc3cccc(-c4ccc(C(F)(F)F)cc4)c3)nc21. The predicted molar refractivity (Wildman–Crippen MR) is 142 cm³/mol. The van der Waals surface area contributed by atoms with Crippen LogP contribution in [0.15, 0.2) is 54.9 Å². The highest BCUT2D eigenvalue weighted by Crippen LogP contribution is 2.34. The lowest BCUT2D eigenvalue weighted by atomic mass is 9.87. The summed E-state index contributed by atoms with van der Waals surface area (Å²) >= 11 is 0. The fraction of sp³-hybridized carbons (Fsp3) is 0.393. The molecule has 4 rings (SSSR count). The highest BCUT2D eigenvalue weighted by molar-refractivity contribution is 5.82. The van der Waals surface area contributed by atoms with Gasteiger partial charge in [-0.1, -0.05) is 38.1 Å². The van der Waals surface area contributed by atoms with Gasteiger partial charge in [0.25, 0.3) is 0 Å². The molecule has 2 aromatic carbocycles. The quantitative estimate of drug-likeness (QED) is 0.248. The van der Waals surface area contributed by atoms with Gasteiger partial charge in [0.1, 0.15) is 5.75 Å². The lowest BCUT2D eigenvalue weighted by molar-refractivity contribution is -0.137. The number of anilines is 1. The summed E-state index contributed by atoms with van der Waals surface area (Å²) in [5.74, 6) is 0.604. The van der Waals surface area contributed by atoms with Gasteiger partial charge in [0, 0.05) is 13.2 Å². The van der Waals surface area contributed by atoms with Gasteiger partial charge in [-0.3, -0.25) is 0 Å². The molecule has 4 aromatic rings. The number of imidazole rings is 1. The first-order valence-electron chi connectivity index (χ1n) is 12.7. The Balaban J connectivity index is 1.63. The maximum absolute atomic E-state index is 12.9. The molecule has 0 aliphatic heterocycles. The molecule has 208 valence electrons. The molecule has 4 atom stereocenters. The van der Waals surface area contributed by atoms with Gasteiger partial charge >= 0.3 is 12.2 Å². The average Bonchev–Trinajstić information content (AvgIpc) is 3.35. The largest absolute Gasteiger partial charge is 0.424 e. The third-order valence-electron chi connectivity index (χ3n) is 6.99. The molecule has 0 radical (unpaired) electrons. The van der Waals surface area contributed by atoms with E-state index in [9.17, 15) is 18.3 Å². The molecule has 0 saturated heterocycles. The number of rotatable bonds is 10. The van der Waals surface area contributed by atoms with E-state index in [1.807, 2.05) is 32.3 Å². The Morgan fingerprint density at radius 3 is 2.38 bits per heavy atom. The predicted octanol–water partition coefficient (Wildman–Crippen LogP) is 6.12. The standard InChI is InChI=1S/C28H32F3N5O3/c1-5-38-24(17(3)16(2)14-37)18(4)36-15-33-23-25(32)34-27(35-26(23)36)39-22-8-6-7-20(13-22)19-9-11-21(12-10-19)28(29,30)31/h6-13,15-18,24,37H,5,14H2,1-4H3,(H2,32,34,35)/t16?,17?,18?,24-/m1/s1. The van der Waals surface area contributed by atoms with Crippen LogP contribution in [0.4, 0.5) is 19.0 Å². The zero-order valence-electron chi connectivity index (χ0n) is 22.2. The minimum atomic E-state index is -4.40. The van der Waals surface area contributed by atoms with E-state index in [-0.39, 0.29) is 42.4 Å². The van der Waals surface area contributed by atoms with E-state index in [4.69, 9.17) is 15.2 Å². The summed E-state index contributed by atoms with van der Waals surface area (Å²) < 4.78 is 52.7. The van der Waals surface area contributed by atoms with Gasteiger partial charge < -0.3 is 24.9 Å². The number of fused-ring (bicyclic) bond motifs is 1. The fourth-order valence-corrected chi connectivity index (χ4v) is 4.53. The van der Waals surface area contributed by atoms with Crippen LogP contribution in [0.25, 0.3) is 22.3 Å². The number of nitrogens with two attached hydrogens (primary N) is 1. The number of aliphatic hydroxyl groups is 1. The topological polar surface area (TPSA) is 108 Å². The number of alkyl halides is 3. The number of ether oxygens (including phenoxy) is 2. The minimum Gasteiger partial charge on any atom is -0.424 e. The van der Waals surface area contributed by atoms with Crippen LogP contribution in [-0.2, 0) is 10.9 Å². The Kier molecular flexibility index (Phi) is 8.41. The van der Waals surface area contributed by atoms with Gasteiger partial charge in [-0.2, -0.15) is 23.1 Å². The van der Waals surface area contributed by atoms with Crippen LogP contribution in [0, 0.1) is 11.8 Å². The van der Waals surface area contributed by atoms with Crippen LogP contribution in [0.1, 0.15) is 39.3 Å². The maximum Gasteiger partial charge on any atom is 0.416 e. The van der Waals surface area contributed by atoms with Crippen molar-refractivity contribution in [2.75, 3.05) is 18.9 Å². The summed E-state index contributed by atoms with van der Waals surface area (Å²) in [6.45, 7) is 8.48. The van der Waals surface area contributed by atoms with Gasteiger partial charge in [-0.15, -0.1) is 0 Å². The molecular formula is C28H32F3N5O3. The Morgan fingerprint density at radius 2 is 1.74 bits per heavy atom. The molecule has 2 aromatic heterocycles. The summed E-state index contributed by atoms with van der Waals surface area (Å²) in [5.41, 5.74) is 7.64. The van der Waals surface area contributed by atoms with E-state index in [0.717, 1.165) is 12.1 Å². The second kappa shape index (κ2) is 11.6. The Bertz CT molecular complexity index is 1410. The number of benzene rings is 2. The Labute approximate surface area is 224 Å². The zero-order valence-corrected chi connectivity index (χ0v) is 22.2. The number of hydrogen-bond acceptors (Lipinski definition) is 7. The van der Waals surface area contributed by atoms with Gasteiger partial charge in [0.15, 0.2) is 17.0 Å². The molecule has 0 fully saturated rings. The molecule has 8 nitrogen and oxygen atoms in total. The third-order valence-corrected chi connectivity index (χ3v) is 6.99. The van der Waals surface area contributed by atoms with E-state index >= 15 is 0 Å². The zero-order chi connectivity index (χ0) is 28.3. The number of halogens is 3. The Morgan fingerprint density at radius 1 is 1.03 bits per heavy atom. The van der Waals surface area contributed by atoms with Crippen LogP contribution in [0.2, 0.25) is 0 Å². The van der Waals surface area contributed by atoms with E-state index in [0.29, 0.717) is 34.6 Å². The van der Waals surface area contributed by atoms with Gasteiger partial charge in [-0.05, 0) is 61.1 Å². The molecule has 0 bridgehead atoms. The molecule has 11 heteroatoms. The molecule has 0 spiro atoms. The molecule has 2 heterocycles. The molecule has 0 aliphatic rings. The van der Waals surface area contributed by atoms with Crippen LogP contribution >= 0.6 is 0 Å². The van der Waals surface area contributed by atoms with Crippen LogP contribution in [0.3, 0.4) is 0 Å². The van der Waals surface area contributed by atoms with Crippen molar-refractivity contribution in [1.29, 1.82) is 0 Å². The number of nitrogen functional groups attached to an aromatic ring is 1. The van der Waals surface area contributed by atoms with Gasteiger partial charge in [-0.25, -0.2) is 4.98 Å². The van der Waals surface area contributed by atoms with E-state index in [2.05, 4.69) is 15.0 Å². The van der Waals surface area contributed by atoms with Crippen molar-refractivity contribution in [3.8, 4) is 22.9 Å². The Hall–Kier alpha value is -3.70. The lowest BCUT2D eigenvalue weighted by Gasteiger charge is -2.33. The molecule has 0 saturated carbocycles. The molecular weight excluding hydrogens is 511 g/mol. The summed E-state index contributed by atoms with van der Waals surface area (Å²) in [6, 6.07) is 11.6. The van der Waals surface area contributed by atoms with Crippen molar-refractivity contribution < 1.29 is 27.8 Å². The molecule has 39 heavy (non-hydrogen) atoms. The molecule has 3 N–H and O–H groups in total. The maximum atomic E-state index is 12.9. The summed E-state index contributed by atoms with van der Waals surface area (Å²) in [7, 11) is 0.